The lowest BCUT2D eigenvalue weighted by atomic mass is 10.1. The van der Waals surface area contributed by atoms with E-state index in [0.717, 1.165) is 25.1 Å². The molecule has 18 heavy (non-hydrogen) atoms. The Hall–Kier alpha value is -1.71. The van der Waals surface area contributed by atoms with Gasteiger partial charge in [-0.25, -0.2) is 0 Å². The first-order valence-corrected chi connectivity index (χ1v) is 6.31. The summed E-state index contributed by atoms with van der Waals surface area (Å²) in [4.78, 5) is 29.6. The Morgan fingerprint density at radius 1 is 1.50 bits per heavy atom. The molecule has 1 aromatic heterocycles. The zero-order valence-corrected chi connectivity index (χ0v) is 10.8. The molecule has 1 saturated heterocycles. The monoisotopic (exact) mass is 246 g/mol. The number of pyridine rings is 1. The lowest BCUT2D eigenvalue weighted by Gasteiger charge is -2.24. The highest BCUT2D eigenvalue weighted by atomic mass is 16.2. The lowest BCUT2D eigenvalue weighted by molar-refractivity contribution is -0.117. The van der Waals surface area contributed by atoms with Crippen molar-refractivity contribution >= 4 is 11.7 Å². The Kier molecular flexibility index (Phi) is 3.75. The summed E-state index contributed by atoms with van der Waals surface area (Å²) in [5.74, 6) is 0.145. The van der Waals surface area contributed by atoms with Crippen LogP contribution in [0.2, 0.25) is 0 Å². The second-order valence-electron chi connectivity index (χ2n) is 4.84. The fourth-order valence-corrected chi connectivity index (χ4v) is 2.51. The van der Waals surface area contributed by atoms with E-state index in [9.17, 15) is 9.59 Å². The van der Waals surface area contributed by atoms with E-state index in [1.54, 1.807) is 25.3 Å². The van der Waals surface area contributed by atoms with E-state index in [2.05, 4.69) is 4.98 Å². The zero-order valence-electron chi connectivity index (χ0n) is 10.8. The number of hydrogen-bond donors (Lipinski definition) is 0. The zero-order chi connectivity index (χ0) is 13.1. The molecule has 2 rings (SSSR count). The highest BCUT2D eigenvalue weighted by Crippen LogP contribution is 2.23. The number of carbonyl (C=O) groups is 2. The summed E-state index contributed by atoms with van der Waals surface area (Å²) in [5.41, 5.74) is 1.39. The summed E-state index contributed by atoms with van der Waals surface area (Å²) in [6.07, 6.45) is 4.04. The van der Waals surface area contributed by atoms with Crippen LogP contribution >= 0.6 is 0 Å². The molecule has 1 fully saturated rings. The molecule has 1 atom stereocenters. The average Bonchev–Trinajstić information content (AvgIpc) is 2.76. The maximum absolute atomic E-state index is 12.4. The van der Waals surface area contributed by atoms with Crippen LogP contribution in [0.25, 0.3) is 0 Å². The summed E-state index contributed by atoms with van der Waals surface area (Å²) in [7, 11) is 0. The van der Waals surface area contributed by atoms with Crippen molar-refractivity contribution in [3.8, 4) is 0 Å². The van der Waals surface area contributed by atoms with E-state index < -0.39 is 0 Å². The smallest absolute Gasteiger partial charge is 0.255 e. The Balaban J connectivity index is 2.18. The van der Waals surface area contributed by atoms with Gasteiger partial charge < -0.3 is 4.90 Å². The van der Waals surface area contributed by atoms with E-state index in [-0.39, 0.29) is 17.7 Å². The van der Waals surface area contributed by atoms with E-state index in [0.29, 0.717) is 12.0 Å². The van der Waals surface area contributed by atoms with E-state index >= 15 is 0 Å². The molecule has 0 aliphatic carbocycles. The molecular formula is C14H18N2O2. The molecule has 0 spiro atoms. The SMILES string of the molecule is CC(=O)CC1CCCN1C(=O)c1cccnc1C. The van der Waals surface area contributed by atoms with Crippen molar-refractivity contribution in [1.29, 1.82) is 0 Å². The molecule has 1 amide bonds. The van der Waals surface area contributed by atoms with Gasteiger partial charge in [-0.1, -0.05) is 0 Å². The molecule has 1 aromatic rings. The first-order valence-electron chi connectivity index (χ1n) is 6.31. The van der Waals surface area contributed by atoms with Gasteiger partial charge in [0.25, 0.3) is 5.91 Å². The Bertz CT molecular complexity index is 471. The molecule has 0 N–H and O–H groups in total. The second-order valence-corrected chi connectivity index (χ2v) is 4.84. The first kappa shape index (κ1) is 12.7. The second kappa shape index (κ2) is 5.29. The predicted octanol–water partition coefficient (Wildman–Crippen LogP) is 1.97. The van der Waals surface area contributed by atoms with Crippen LogP contribution < -0.4 is 0 Å². The number of carbonyl (C=O) groups excluding carboxylic acids is 2. The minimum Gasteiger partial charge on any atom is -0.335 e. The van der Waals surface area contributed by atoms with Crippen LogP contribution in [0.5, 0.6) is 0 Å². The number of hydrogen-bond acceptors (Lipinski definition) is 3. The number of likely N-dealkylation sites (tertiary alicyclic amines) is 1. The van der Waals surface area contributed by atoms with Gasteiger partial charge in [0.1, 0.15) is 5.78 Å². The van der Waals surface area contributed by atoms with E-state index in [4.69, 9.17) is 0 Å². The summed E-state index contributed by atoms with van der Waals surface area (Å²) in [6.45, 7) is 4.16. The van der Waals surface area contributed by atoms with Gasteiger partial charge in [0.15, 0.2) is 0 Å². The topological polar surface area (TPSA) is 50.3 Å². The number of nitrogens with zero attached hydrogens (tertiary/aromatic N) is 2. The van der Waals surface area contributed by atoms with E-state index in [1.165, 1.54) is 0 Å². The van der Waals surface area contributed by atoms with Crippen LogP contribution in [0.3, 0.4) is 0 Å². The molecule has 2 heterocycles. The Labute approximate surface area is 107 Å². The van der Waals surface area contributed by atoms with Gasteiger partial charge in [-0.2, -0.15) is 0 Å². The molecule has 4 heteroatoms. The van der Waals surface area contributed by atoms with Crippen molar-refractivity contribution in [2.24, 2.45) is 0 Å². The van der Waals surface area contributed by atoms with Gasteiger partial charge in [-0.05, 0) is 38.8 Å². The molecule has 96 valence electrons. The molecule has 1 aliphatic rings. The highest BCUT2D eigenvalue weighted by molar-refractivity contribution is 5.95. The molecule has 0 saturated carbocycles. The van der Waals surface area contributed by atoms with Crippen molar-refractivity contribution < 1.29 is 9.59 Å². The summed E-state index contributed by atoms with van der Waals surface area (Å²) in [6, 6.07) is 3.64. The fraction of sp³-hybridized carbons (Fsp3) is 0.500. The number of ketones is 1. The minimum absolute atomic E-state index is 0.00403. The number of Topliss-reactive ketones (excluding diaryl/α,β-unsaturated/α-hetero) is 1. The third-order valence-electron chi connectivity index (χ3n) is 3.40. The number of amides is 1. The molecular weight excluding hydrogens is 228 g/mol. The number of aryl methyl sites for hydroxylation is 1. The molecule has 1 unspecified atom stereocenters. The molecule has 0 aromatic carbocycles. The molecule has 1 aliphatic heterocycles. The number of rotatable bonds is 3. The normalized spacial score (nSPS) is 19.0. The molecule has 0 bridgehead atoms. The van der Waals surface area contributed by atoms with Gasteiger partial charge >= 0.3 is 0 Å². The third kappa shape index (κ3) is 2.58. The van der Waals surface area contributed by atoms with Crippen molar-refractivity contribution in [3.05, 3.63) is 29.6 Å². The molecule has 4 nitrogen and oxygen atoms in total. The Morgan fingerprint density at radius 3 is 2.94 bits per heavy atom. The van der Waals surface area contributed by atoms with Gasteiger partial charge in [-0.3, -0.25) is 14.6 Å². The largest absolute Gasteiger partial charge is 0.335 e. The van der Waals surface area contributed by atoms with Gasteiger partial charge in [0.2, 0.25) is 0 Å². The van der Waals surface area contributed by atoms with Crippen LogP contribution in [-0.4, -0.2) is 34.2 Å². The summed E-state index contributed by atoms with van der Waals surface area (Å²) >= 11 is 0. The van der Waals surface area contributed by atoms with Crippen molar-refractivity contribution in [1.82, 2.24) is 9.88 Å². The third-order valence-corrected chi connectivity index (χ3v) is 3.40. The highest BCUT2D eigenvalue weighted by Gasteiger charge is 2.30. The number of aromatic nitrogens is 1. The van der Waals surface area contributed by atoms with Crippen LogP contribution in [0.4, 0.5) is 0 Å². The van der Waals surface area contributed by atoms with E-state index in [1.807, 2.05) is 11.8 Å². The standard InChI is InChI=1S/C14H18N2O2/c1-10(17)9-12-5-4-8-16(12)14(18)13-6-3-7-15-11(13)2/h3,6-7,12H,4-5,8-9H2,1-2H3. The fourth-order valence-electron chi connectivity index (χ4n) is 2.51. The minimum atomic E-state index is 0.00403. The van der Waals surface area contributed by atoms with Crippen molar-refractivity contribution in [3.63, 3.8) is 0 Å². The van der Waals surface area contributed by atoms with Crippen LogP contribution in [0, 0.1) is 6.92 Å². The van der Waals surface area contributed by atoms with Crippen LogP contribution in [0.1, 0.15) is 42.2 Å². The van der Waals surface area contributed by atoms with Crippen molar-refractivity contribution in [2.75, 3.05) is 6.54 Å². The van der Waals surface area contributed by atoms with Gasteiger partial charge in [-0.15, -0.1) is 0 Å². The van der Waals surface area contributed by atoms with Crippen LogP contribution in [-0.2, 0) is 4.79 Å². The first-order chi connectivity index (χ1) is 8.59. The lowest BCUT2D eigenvalue weighted by Crippen LogP contribution is -2.37. The summed E-state index contributed by atoms with van der Waals surface area (Å²) < 4.78 is 0. The average molecular weight is 246 g/mol. The maximum atomic E-state index is 12.4. The summed E-state index contributed by atoms with van der Waals surface area (Å²) in [5, 5.41) is 0. The van der Waals surface area contributed by atoms with Gasteiger partial charge in [0.05, 0.1) is 5.56 Å². The van der Waals surface area contributed by atoms with Crippen molar-refractivity contribution in [2.45, 2.75) is 39.2 Å². The Morgan fingerprint density at radius 2 is 2.28 bits per heavy atom. The maximum Gasteiger partial charge on any atom is 0.255 e. The predicted molar refractivity (Wildman–Crippen MR) is 68.3 cm³/mol. The quantitative estimate of drug-likeness (QED) is 0.819. The van der Waals surface area contributed by atoms with Crippen LogP contribution in [0.15, 0.2) is 18.3 Å². The molecule has 0 radical (unpaired) electrons. The van der Waals surface area contributed by atoms with Gasteiger partial charge in [0, 0.05) is 30.9 Å².